The zero-order valence-electron chi connectivity index (χ0n) is 10.4. The minimum Gasteiger partial charge on any atom is -0.310 e. The predicted octanol–water partition coefficient (Wildman–Crippen LogP) is 3.12. The highest BCUT2D eigenvalue weighted by atomic mass is 32.1. The van der Waals surface area contributed by atoms with E-state index in [2.05, 4.69) is 18.7 Å². The average Bonchev–Trinajstić information content (AvgIpc) is 2.46. The summed E-state index contributed by atoms with van der Waals surface area (Å²) in [6.45, 7) is 0. The van der Waals surface area contributed by atoms with Crippen LogP contribution in [0.25, 0.3) is 0 Å². The van der Waals surface area contributed by atoms with Crippen molar-refractivity contribution in [3.63, 3.8) is 0 Å². The first kappa shape index (κ1) is 13.2. The van der Waals surface area contributed by atoms with Gasteiger partial charge in [-0.1, -0.05) is 12.1 Å². The molecular formula is C15H12N2OS. The molecule has 0 unspecified atom stereocenters. The Balaban J connectivity index is 2.34. The van der Waals surface area contributed by atoms with E-state index in [-0.39, 0.29) is 5.91 Å². The van der Waals surface area contributed by atoms with Gasteiger partial charge in [0, 0.05) is 17.5 Å². The Morgan fingerprint density at radius 3 is 2.42 bits per heavy atom. The quantitative estimate of drug-likeness (QED) is 0.850. The third kappa shape index (κ3) is 2.78. The van der Waals surface area contributed by atoms with Gasteiger partial charge in [0.1, 0.15) is 6.07 Å². The van der Waals surface area contributed by atoms with Crippen molar-refractivity contribution >= 4 is 24.2 Å². The van der Waals surface area contributed by atoms with E-state index in [9.17, 15) is 4.79 Å². The largest absolute Gasteiger partial charge is 0.310 e. The summed E-state index contributed by atoms with van der Waals surface area (Å²) in [5.41, 5.74) is 1.64. The van der Waals surface area contributed by atoms with Crippen molar-refractivity contribution in [1.82, 2.24) is 0 Å². The Morgan fingerprint density at radius 1 is 1.16 bits per heavy atom. The van der Waals surface area contributed by atoms with Gasteiger partial charge < -0.3 is 4.90 Å². The first-order valence-electron chi connectivity index (χ1n) is 5.69. The lowest BCUT2D eigenvalue weighted by Crippen LogP contribution is -2.26. The Labute approximate surface area is 117 Å². The summed E-state index contributed by atoms with van der Waals surface area (Å²) in [7, 11) is 1.66. The van der Waals surface area contributed by atoms with E-state index in [4.69, 9.17) is 5.26 Å². The smallest absolute Gasteiger partial charge is 0.258 e. The molecular weight excluding hydrogens is 256 g/mol. The van der Waals surface area contributed by atoms with Crippen LogP contribution in [0.1, 0.15) is 15.9 Å². The number of thiol groups is 1. The van der Waals surface area contributed by atoms with Gasteiger partial charge in [-0.25, -0.2) is 0 Å². The van der Waals surface area contributed by atoms with Gasteiger partial charge in [0.15, 0.2) is 0 Å². The number of nitrogens with zero attached hydrogens (tertiary/aromatic N) is 2. The minimum absolute atomic E-state index is 0.156. The number of carbonyl (C=O) groups is 1. The highest BCUT2D eigenvalue weighted by Gasteiger charge is 2.15. The number of rotatable bonds is 2. The Bertz CT molecular complexity index is 644. The number of hydrogen-bond donors (Lipinski definition) is 1. The molecule has 3 nitrogen and oxygen atoms in total. The van der Waals surface area contributed by atoms with Crippen LogP contribution in [0, 0.1) is 11.3 Å². The number of anilines is 1. The number of hydrogen-bond acceptors (Lipinski definition) is 3. The van der Waals surface area contributed by atoms with Gasteiger partial charge in [-0.3, -0.25) is 4.79 Å². The Hall–Kier alpha value is -2.25. The van der Waals surface area contributed by atoms with Crippen molar-refractivity contribution in [3.05, 3.63) is 59.7 Å². The summed E-state index contributed by atoms with van der Waals surface area (Å²) in [5.74, 6) is -0.156. The van der Waals surface area contributed by atoms with Crippen LogP contribution in [-0.2, 0) is 0 Å². The van der Waals surface area contributed by atoms with Crippen LogP contribution in [0.2, 0.25) is 0 Å². The molecule has 1 amide bonds. The van der Waals surface area contributed by atoms with Crippen LogP contribution in [0.4, 0.5) is 5.69 Å². The van der Waals surface area contributed by atoms with Gasteiger partial charge in [-0.15, -0.1) is 12.6 Å². The van der Waals surface area contributed by atoms with Crippen LogP contribution in [0.15, 0.2) is 53.4 Å². The van der Waals surface area contributed by atoms with E-state index < -0.39 is 0 Å². The summed E-state index contributed by atoms with van der Waals surface area (Å²) < 4.78 is 0. The summed E-state index contributed by atoms with van der Waals surface area (Å²) >= 11 is 4.19. The molecule has 0 saturated carbocycles. The lowest BCUT2D eigenvalue weighted by atomic mass is 10.1. The van der Waals surface area contributed by atoms with Crippen molar-refractivity contribution in [2.45, 2.75) is 4.90 Å². The lowest BCUT2D eigenvalue weighted by molar-refractivity contribution is 0.0993. The number of amides is 1. The molecule has 0 bridgehead atoms. The van der Waals surface area contributed by atoms with Crippen LogP contribution in [0.3, 0.4) is 0 Å². The van der Waals surface area contributed by atoms with Crippen molar-refractivity contribution in [3.8, 4) is 6.07 Å². The maximum Gasteiger partial charge on any atom is 0.258 e. The molecule has 2 aromatic rings. The molecule has 94 valence electrons. The molecule has 0 heterocycles. The molecule has 0 saturated heterocycles. The van der Waals surface area contributed by atoms with Crippen molar-refractivity contribution in [1.29, 1.82) is 5.26 Å². The maximum absolute atomic E-state index is 12.3. The van der Waals surface area contributed by atoms with Gasteiger partial charge in [0.05, 0.1) is 11.3 Å². The lowest BCUT2D eigenvalue weighted by Gasteiger charge is -2.18. The van der Waals surface area contributed by atoms with Gasteiger partial charge in [-0.2, -0.15) is 5.26 Å². The van der Waals surface area contributed by atoms with Crippen LogP contribution in [0.5, 0.6) is 0 Å². The molecule has 2 rings (SSSR count). The van der Waals surface area contributed by atoms with Crippen molar-refractivity contribution in [2.24, 2.45) is 0 Å². The molecule has 4 heteroatoms. The first-order valence-corrected chi connectivity index (χ1v) is 6.14. The molecule has 0 N–H and O–H groups in total. The molecule has 0 aliphatic rings. The molecule has 0 aliphatic heterocycles. The van der Waals surface area contributed by atoms with E-state index in [1.807, 2.05) is 0 Å². The average molecular weight is 268 g/mol. The van der Waals surface area contributed by atoms with Crippen molar-refractivity contribution in [2.75, 3.05) is 11.9 Å². The zero-order chi connectivity index (χ0) is 13.8. The highest BCUT2D eigenvalue weighted by molar-refractivity contribution is 7.80. The molecule has 0 atom stereocenters. The van der Waals surface area contributed by atoms with Crippen LogP contribution >= 0.6 is 12.6 Å². The van der Waals surface area contributed by atoms with Gasteiger partial charge >= 0.3 is 0 Å². The number of nitriles is 1. The van der Waals surface area contributed by atoms with Crippen LogP contribution in [-0.4, -0.2) is 13.0 Å². The summed E-state index contributed by atoms with van der Waals surface area (Å²) in [4.78, 5) is 14.6. The molecule has 2 aromatic carbocycles. The third-order valence-corrected chi connectivity index (χ3v) is 3.10. The predicted molar refractivity (Wildman–Crippen MR) is 77.6 cm³/mol. The zero-order valence-corrected chi connectivity index (χ0v) is 11.3. The maximum atomic E-state index is 12.3. The fraction of sp³-hybridized carbons (Fsp3) is 0.0667. The van der Waals surface area contributed by atoms with E-state index in [0.717, 1.165) is 4.90 Å². The normalized spacial score (nSPS) is 9.74. The van der Waals surface area contributed by atoms with E-state index in [1.54, 1.807) is 55.6 Å². The van der Waals surface area contributed by atoms with Crippen molar-refractivity contribution < 1.29 is 4.79 Å². The van der Waals surface area contributed by atoms with E-state index >= 15 is 0 Å². The second-order valence-corrected chi connectivity index (χ2v) is 4.56. The van der Waals surface area contributed by atoms with Gasteiger partial charge in [0.25, 0.3) is 5.91 Å². The van der Waals surface area contributed by atoms with E-state index in [1.165, 1.54) is 4.90 Å². The molecule has 0 spiro atoms. The fourth-order valence-corrected chi connectivity index (χ4v) is 1.92. The Morgan fingerprint density at radius 2 is 1.79 bits per heavy atom. The SMILES string of the molecule is CN(C(=O)c1ccc(S)cc1)c1ccccc1C#N. The monoisotopic (exact) mass is 268 g/mol. The summed E-state index contributed by atoms with van der Waals surface area (Å²) in [6.07, 6.45) is 0. The topological polar surface area (TPSA) is 44.1 Å². The van der Waals surface area contributed by atoms with Crippen LogP contribution < -0.4 is 4.90 Å². The van der Waals surface area contributed by atoms with E-state index in [0.29, 0.717) is 16.8 Å². The standard InChI is InChI=1S/C15H12N2OS/c1-17(14-5-3-2-4-12(14)10-16)15(18)11-6-8-13(19)9-7-11/h2-9,19H,1H3. The third-order valence-electron chi connectivity index (χ3n) is 2.80. The Kier molecular flexibility index (Phi) is 3.88. The van der Waals surface area contributed by atoms with Gasteiger partial charge in [-0.05, 0) is 36.4 Å². The highest BCUT2D eigenvalue weighted by Crippen LogP contribution is 2.20. The second kappa shape index (κ2) is 5.59. The minimum atomic E-state index is -0.156. The second-order valence-electron chi connectivity index (χ2n) is 4.04. The molecule has 0 radical (unpaired) electrons. The molecule has 0 fully saturated rings. The molecule has 0 aromatic heterocycles. The number of para-hydroxylation sites is 1. The number of carbonyl (C=O) groups excluding carboxylic acids is 1. The van der Waals surface area contributed by atoms with Gasteiger partial charge in [0.2, 0.25) is 0 Å². The number of benzene rings is 2. The first-order chi connectivity index (χ1) is 9.13. The molecule has 19 heavy (non-hydrogen) atoms. The summed E-state index contributed by atoms with van der Waals surface area (Å²) in [5, 5.41) is 9.06. The molecule has 0 aliphatic carbocycles. The fourth-order valence-electron chi connectivity index (χ4n) is 1.77. The summed E-state index contributed by atoms with van der Waals surface area (Å²) in [6, 6.07) is 16.1.